The fourth-order valence-corrected chi connectivity index (χ4v) is 3.45. The highest BCUT2D eigenvalue weighted by Crippen LogP contribution is 2.17. The van der Waals surface area contributed by atoms with Crippen molar-refractivity contribution in [3.8, 4) is 0 Å². The summed E-state index contributed by atoms with van der Waals surface area (Å²) in [6, 6.07) is 10.9. The molecule has 0 aliphatic rings. The largest absolute Gasteiger partial charge is 0.325 e. The second kappa shape index (κ2) is 9.49. The number of thiophene rings is 1. The zero-order chi connectivity index (χ0) is 20.8. The van der Waals surface area contributed by atoms with E-state index in [1.807, 2.05) is 30.9 Å². The van der Waals surface area contributed by atoms with Crippen molar-refractivity contribution in [3.05, 3.63) is 64.6 Å². The van der Waals surface area contributed by atoms with E-state index in [1.54, 1.807) is 35.0 Å². The van der Waals surface area contributed by atoms with Gasteiger partial charge in [-0.05, 0) is 49.6 Å². The Kier molecular flexibility index (Phi) is 6.79. The molecule has 0 saturated heterocycles. The summed E-state index contributed by atoms with van der Waals surface area (Å²) in [4.78, 5) is 27.3. The number of amides is 2. The van der Waals surface area contributed by atoms with E-state index in [-0.39, 0.29) is 24.4 Å². The fourth-order valence-electron chi connectivity index (χ4n) is 2.83. The first-order valence-corrected chi connectivity index (χ1v) is 10.2. The van der Waals surface area contributed by atoms with Crippen LogP contribution in [0.1, 0.15) is 29.1 Å². The van der Waals surface area contributed by atoms with Crippen LogP contribution in [0.3, 0.4) is 0 Å². The Balaban J connectivity index is 1.54. The predicted molar refractivity (Wildman–Crippen MR) is 116 cm³/mol. The maximum atomic E-state index is 12.5. The smallest absolute Gasteiger partial charge is 0.265 e. The van der Waals surface area contributed by atoms with Crippen LogP contribution in [0.5, 0.6) is 0 Å². The van der Waals surface area contributed by atoms with Crippen LogP contribution in [0.4, 0.5) is 11.4 Å². The van der Waals surface area contributed by atoms with E-state index < -0.39 is 0 Å². The maximum Gasteiger partial charge on any atom is 0.265 e. The number of rotatable bonds is 8. The van der Waals surface area contributed by atoms with E-state index in [4.69, 9.17) is 0 Å². The van der Waals surface area contributed by atoms with Crippen LogP contribution >= 0.6 is 11.3 Å². The van der Waals surface area contributed by atoms with Gasteiger partial charge >= 0.3 is 0 Å². The lowest BCUT2D eigenvalue weighted by Gasteiger charge is -2.25. The molecule has 29 heavy (non-hydrogen) atoms. The summed E-state index contributed by atoms with van der Waals surface area (Å²) >= 11 is 1.39. The lowest BCUT2D eigenvalue weighted by molar-refractivity contribution is -0.117. The molecule has 8 heteroatoms. The number of carbonyl (C=O) groups is 2. The second-order valence-corrected chi connectivity index (χ2v) is 8.03. The van der Waals surface area contributed by atoms with Gasteiger partial charge in [0.1, 0.15) is 0 Å². The van der Waals surface area contributed by atoms with Gasteiger partial charge in [-0.3, -0.25) is 19.2 Å². The van der Waals surface area contributed by atoms with E-state index in [2.05, 4.69) is 34.5 Å². The Morgan fingerprint density at radius 2 is 1.83 bits per heavy atom. The van der Waals surface area contributed by atoms with Gasteiger partial charge in [0.05, 0.1) is 17.6 Å². The number of nitrogens with one attached hydrogen (secondary N) is 2. The molecule has 0 bridgehead atoms. The number of nitrogens with zero attached hydrogens (tertiary/aromatic N) is 3. The standard InChI is InChI=1S/C21H25N5O2S/c1-15(2)26(13-16-11-22-25(3)12-16)14-20(27)23-17-6-8-18(9-7-17)24-21(28)19-5-4-10-29-19/h4-12,15H,13-14H2,1-3H3,(H,23,27)(H,24,28). The van der Waals surface area contributed by atoms with Gasteiger partial charge < -0.3 is 10.6 Å². The van der Waals surface area contributed by atoms with Gasteiger partial charge in [-0.15, -0.1) is 11.3 Å². The SMILES string of the molecule is CC(C)N(CC(=O)Nc1ccc(NC(=O)c2cccs2)cc1)Cc1cnn(C)c1. The van der Waals surface area contributed by atoms with Crippen molar-refractivity contribution < 1.29 is 9.59 Å². The van der Waals surface area contributed by atoms with Crippen molar-refractivity contribution in [2.24, 2.45) is 7.05 Å². The molecule has 3 aromatic rings. The summed E-state index contributed by atoms with van der Waals surface area (Å²) < 4.78 is 1.76. The van der Waals surface area contributed by atoms with Gasteiger partial charge in [-0.1, -0.05) is 6.07 Å². The molecular weight excluding hydrogens is 386 g/mol. The number of anilines is 2. The van der Waals surface area contributed by atoms with Crippen LogP contribution in [0.25, 0.3) is 0 Å². The highest BCUT2D eigenvalue weighted by Gasteiger charge is 2.15. The highest BCUT2D eigenvalue weighted by molar-refractivity contribution is 7.12. The Labute approximate surface area is 174 Å². The first kappa shape index (κ1) is 20.8. The summed E-state index contributed by atoms with van der Waals surface area (Å²) in [7, 11) is 1.88. The van der Waals surface area contributed by atoms with Crippen molar-refractivity contribution in [2.75, 3.05) is 17.2 Å². The number of aromatic nitrogens is 2. The molecule has 0 fully saturated rings. The van der Waals surface area contributed by atoms with Gasteiger partial charge in [0.25, 0.3) is 5.91 Å². The first-order valence-electron chi connectivity index (χ1n) is 9.37. The monoisotopic (exact) mass is 411 g/mol. The Hall–Kier alpha value is -2.97. The number of hydrogen-bond acceptors (Lipinski definition) is 5. The van der Waals surface area contributed by atoms with E-state index >= 15 is 0 Å². The number of benzene rings is 1. The molecule has 0 spiro atoms. The van der Waals surface area contributed by atoms with E-state index in [0.717, 1.165) is 5.56 Å². The molecule has 0 unspecified atom stereocenters. The Morgan fingerprint density at radius 1 is 1.14 bits per heavy atom. The van der Waals surface area contributed by atoms with E-state index in [1.165, 1.54) is 11.3 Å². The normalized spacial score (nSPS) is 11.1. The Bertz CT molecular complexity index is 948. The molecule has 2 amide bonds. The fraction of sp³-hybridized carbons (Fsp3) is 0.286. The summed E-state index contributed by atoms with van der Waals surface area (Å²) in [5.41, 5.74) is 2.44. The second-order valence-electron chi connectivity index (χ2n) is 7.08. The highest BCUT2D eigenvalue weighted by atomic mass is 32.1. The van der Waals surface area contributed by atoms with Crippen LogP contribution in [0, 0.1) is 0 Å². The molecule has 0 atom stereocenters. The molecule has 2 N–H and O–H groups in total. The molecule has 0 saturated carbocycles. The molecule has 7 nitrogen and oxygen atoms in total. The van der Waals surface area contributed by atoms with Crippen molar-refractivity contribution in [1.82, 2.24) is 14.7 Å². The number of aryl methyl sites for hydroxylation is 1. The first-order chi connectivity index (χ1) is 13.9. The van der Waals surface area contributed by atoms with Gasteiger partial charge in [-0.2, -0.15) is 5.10 Å². The third-order valence-electron chi connectivity index (χ3n) is 4.39. The zero-order valence-corrected chi connectivity index (χ0v) is 17.6. The number of hydrogen-bond donors (Lipinski definition) is 2. The van der Waals surface area contributed by atoms with Crippen molar-refractivity contribution in [1.29, 1.82) is 0 Å². The lowest BCUT2D eigenvalue weighted by atomic mass is 10.2. The van der Waals surface area contributed by atoms with Gasteiger partial charge in [0.2, 0.25) is 5.91 Å². The number of carbonyl (C=O) groups excluding carboxylic acids is 2. The van der Waals surface area contributed by atoms with Crippen molar-refractivity contribution >= 4 is 34.5 Å². The Morgan fingerprint density at radius 3 is 2.38 bits per heavy atom. The molecule has 0 aliphatic carbocycles. The molecule has 152 valence electrons. The molecule has 1 aromatic carbocycles. The molecular formula is C21H25N5O2S. The van der Waals surface area contributed by atoms with Crippen LogP contribution in [0.15, 0.2) is 54.2 Å². The molecule has 2 aromatic heterocycles. The van der Waals surface area contributed by atoms with E-state index in [9.17, 15) is 9.59 Å². The minimum absolute atomic E-state index is 0.0852. The third-order valence-corrected chi connectivity index (χ3v) is 5.26. The van der Waals surface area contributed by atoms with Crippen molar-refractivity contribution in [2.45, 2.75) is 26.4 Å². The average molecular weight is 412 g/mol. The maximum absolute atomic E-state index is 12.5. The van der Waals surface area contributed by atoms with Crippen molar-refractivity contribution in [3.63, 3.8) is 0 Å². The van der Waals surface area contributed by atoms with Crippen LogP contribution in [0.2, 0.25) is 0 Å². The molecule has 0 aliphatic heterocycles. The molecule has 2 heterocycles. The average Bonchev–Trinajstić information content (AvgIpc) is 3.34. The zero-order valence-electron chi connectivity index (χ0n) is 16.8. The topological polar surface area (TPSA) is 79.3 Å². The molecule has 3 rings (SSSR count). The third kappa shape index (κ3) is 6.00. The summed E-state index contributed by atoms with van der Waals surface area (Å²) in [5.74, 6) is -0.224. The summed E-state index contributed by atoms with van der Waals surface area (Å²) in [6.45, 7) is 5.07. The quantitative estimate of drug-likeness (QED) is 0.594. The van der Waals surface area contributed by atoms with Crippen LogP contribution in [-0.4, -0.2) is 39.1 Å². The van der Waals surface area contributed by atoms with Gasteiger partial charge in [0.15, 0.2) is 0 Å². The predicted octanol–water partition coefficient (Wildman–Crippen LogP) is 3.58. The minimum atomic E-state index is -0.139. The van der Waals surface area contributed by atoms with Crippen LogP contribution < -0.4 is 10.6 Å². The molecule has 0 radical (unpaired) electrons. The van der Waals surface area contributed by atoms with Gasteiger partial charge in [0, 0.05) is 42.8 Å². The summed E-state index contributed by atoms with van der Waals surface area (Å²) in [5, 5.41) is 11.8. The summed E-state index contributed by atoms with van der Waals surface area (Å²) in [6.07, 6.45) is 3.77. The van der Waals surface area contributed by atoms with E-state index in [0.29, 0.717) is 22.8 Å². The minimum Gasteiger partial charge on any atom is -0.325 e. The van der Waals surface area contributed by atoms with Gasteiger partial charge in [-0.25, -0.2) is 0 Å². The van der Waals surface area contributed by atoms with Crippen LogP contribution in [-0.2, 0) is 18.4 Å². The lowest BCUT2D eigenvalue weighted by Crippen LogP contribution is -2.37.